The van der Waals surface area contributed by atoms with Gasteiger partial charge in [-0.3, -0.25) is 9.78 Å². The summed E-state index contributed by atoms with van der Waals surface area (Å²) in [6, 6.07) is 9.64. The number of anilines is 1. The number of hydrogen-bond acceptors (Lipinski definition) is 4. The second-order valence-electron chi connectivity index (χ2n) is 4.81. The molecule has 1 amide bonds. The van der Waals surface area contributed by atoms with Crippen molar-refractivity contribution in [2.45, 2.75) is 12.8 Å². The van der Waals surface area contributed by atoms with Crippen molar-refractivity contribution in [3.05, 3.63) is 53.9 Å². The molecular weight excluding hydrogens is 266 g/mol. The van der Waals surface area contributed by atoms with E-state index in [4.69, 9.17) is 10.5 Å². The maximum absolute atomic E-state index is 11.4. The molecule has 0 radical (unpaired) electrons. The highest BCUT2D eigenvalue weighted by atomic mass is 16.5. The van der Waals surface area contributed by atoms with Crippen LogP contribution >= 0.6 is 0 Å². The zero-order valence-electron chi connectivity index (χ0n) is 12.2. The maximum Gasteiger partial charge on any atom is 0.252 e. The van der Waals surface area contributed by atoms with Crippen molar-refractivity contribution >= 4 is 11.6 Å². The number of nitrogens with zero attached hydrogens (tertiary/aromatic N) is 1. The number of hydrogen-bond donors (Lipinski definition) is 2. The molecule has 0 fully saturated rings. The molecule has 1 unspecified atom stereocenters. The van der Waals surface area contributed by atoms with Crippen LogP contribution in [0.2, 0.25) is 0 Å². The lowest BCUT2D eigenvalue weighted by molar-refractivity contribution is 0.100. The van der Waals surface area contributed by atoms with Crippen molar-refractivity contribution in [3.63, 3.8) is 0 Å². The van der Waals surface area contributed by atoms with Crippen molar-refractivity contribution in [1.29, 1.82) is 0 Å². The van der Waals surface area contributed by atoms with Crippen LogP contribution in [-0.4, -0.2) is 24.5 Å². The Bertz CT molecular complexity index is 628. The van der Waals surface area contributed by atoms with Crippen LogP contribution in [-0.2, 0) is 0 Å². The van der Waals surface area contributed by atoms with E-state index < -0.39 is 5.91 Å². The molecule has 1 heterocycles. The van der Waals surface area contributed by atoms with E-state index in [2.05, 4.69) is 17.2 Å². The average molecular weight is 285 g/mol. The van der Waals surface area contributed by atoms with Gasteiger partial charge in [-0.2, -0.15) is 0 Å². The third-order valence-electron chi connectivity index (χ3n) is 3.36. The predicted octanol–water partition coefficient (Wildman–Crippen LogP) is 2.40. The molecule has 1 aromatic carbocycles. The molecule has 0 aliphatic heterocycles. The fourth-order valence-corrected chi connectivity index (χ4v) is 2.19. The third-order valence-corrected chi connectivity index (χ3v) is 3.36. The van der Waals surface area contributed by atoms with Crippen molar-refractivity contribution in [1.82, 2.24) is 4.98 Å². The third kappa shape index (κ3) is 3.51. The van der Waals surface area contributed by atoms with Gasteiger partial charge in [0.25, 0.3) is 5.91 Å². The Labute approximate surface area is 124 Å². The number of nitrogens with one attached hydrogen (secondary N) is 1. The predicted molar refractivity (Wildman–Crippen MR) is 82.7 cm³/mol. The molecule has 0 bridgehead atoms. The molecule has 0 saturated carbocycles. The molecule has 0 aliphatic carbocycles. The fraction of sp³-hybridized carbons (Fsp3) is 0.250. The number of aromatic nitrogens is 1. The first-order chi connectivity index (χ1) is 10.1. The van der Waals surface area contributed by atoms with Gasteiger partial charge in [0.2, 0.25) is 0 Å². The normalized spacial score (nSPS) is 11.7. The number of para-hydroxylation sites is 1. The Kier molecular flexibility index (Phi) is 4.77. The summed E-state index contributed by atoms with van der Waals surface area (Å²) in [5.41, 5.74) is 7.54. The first-order valence-corrected chi connectivity index (χ1v) is 6.74. The number of carbonyl (C=O) groups is 1. The number of ether oxygens (including phenoxy) is 1. The van der Waals surface area contributed by atoms with E-state index in [1.54, 1.807) is 19.4 Å². The zero-order chi connectivity index (χ0) is 15.2. The zero-order valence-corrected chi connectivity index (χ0v) is 12.2. The van der Waals surface area contributed by atoms with Crippen molar-refractivity contribution < 1.29 is 9.53 Å². The van der Waals surface area contributed by atoms with Crippen molar-refractivity contribution in [3.8, 4) is 5.75 Å². The summed E-state index contributed by atoms with van der Waals surface area (Å²) in [6.45, 7) is 2.75. The number of carbonyl (C=O) groups excluding carboxylic acids is 1. The van der Waals surface area contributed by atoms with Crippen LogP contribution < -0.4 is 15.8 Å². The van der Waals surface area contributed by atoms with Gasteiger partial charge < -0.3 is 15.8 Å². The standard InChI is InChI=1S/C16H19N3O2/c1-11(12-5-3-4-6-15(12)21-2)9-19-14-7-8-18-10-13(14)16(17)20/h3-8,10-11H,9H2,1-2H3,(H2,17,20)(H,18,19). The van der Waals surface area contributed by atoms with Gasteiger partial charge >= 0.3 is 0 Å². The number of amides is 1. The van der Waals surface area contributed by atoms with Crippen LogP contribution in [0.25, 0.3) is 0 Å². The van der Waals surface area contributed by atoms with E-state index in [9.17, 15) is 4.79 Å². The number of pyridine rings is 1. The minimum atomic E-state index is -0.490. The van der Waals surface area contributed by atoms with E-state index >= 15 is 0 Å². The monoisotopic (exact) mass is 285 g/mol. The summed E-state index contributed by atoms with van der Waals surface area (Å²) >= 11 is 0. The van der Waals surface area contributed by atoms with Crippen molar-refractivity contribution in [2.75, 3.05) is 19.0 Å². The Morgan fingerprint density at radius 2 is 2.14 bits per heavy atom. The first-order valence-electron chi connectivity index (χ1n) is 6.74. The van der Waals surface area contributed by atoms with Gasteiger partial charge in [0.1, 0.15) is 5.75 Å². The highest BCUT2D eigenvalue weighted by Crippen LogP contribution is 2.26. The number of rotatable bonds is 6. The van der Waals surface area contributed by atoms with E-state index in [0.717, 1.165) is 11.3 Å². The molecule has 0 spiro atoms. The second-order valence-corrected chi connectivity index (χ2v) is 4.81. The van der Waals surface area contributed by atoms with Gasteiger partial charge in [-0.05, 0) is 17.7 Å². The molecule has 2 rings (SSSR count). The van der Waals surface area contributed by atoms with Crippen LogP contribution in [0.3, 0.4) is 0 Å². The summed E-state index contributed by atoms with van der Waals surface area (Å²) in [7, 11) is 1.66. The SMILES string of the molecule is COc1ccccc1C(C)CNc1ccncc1C(N)=O. The summed E-state index contributed by atoms with van der Waals surface area (Å²) in [5.74, 6) is 0.585. The summed E-state index contributed by atoms with van der Waals surface area (Å²) in [4.78, 5) is 15.3. The first kappa shape index (κ1) is 14.8. The lowest BCUT2D eigenvalue weighted by atomic mass is 10.00. The Hall–Kier alpha value is -2.56. The van der Waals surface area contributed by atoms with Crippen molar-refractivity contribution in [2.24, 2.45) is 5.73 Å². The Morgan fingerprint density at radius 1 is 1.38 bits per heavy atom. The summed E-state index contributed by atoms with van der Waals surface area (Å²) in [6.07, 6.45) is 3.10. The molecule has 1 atom stereocenters. The molecule has 5 nitrogen and oxygen atoms in total. The minimum absolute atomic E-state index is 0.218. The number of nitrogens with two attached hydrogens (primary N) is 1. The second kappa shape index (κ2) is 6.74. The molecule has 5 heteroatoms. The Morgan fingerprint density at radius 3 is 2.86 bits per heavy atom. The van der Waals surface area contributed by atoms with Crippen LogP contribution in [0.1, 0.15) is 28.8 Å². The quantitative estimate of drug-likeness (QED) is 0.854. The van der Waals surface area contributed by atoms with Crippen LogP contribution in [0.15, 0.2) is 42.7 Å². The number of methoxy groups -OCH3 is 1. The lowest BCUT2D eigenvalue weighted by Gasteiger charge is -2.17. The molecule has 0 saturated heterocycles. The van der Waals surface area contributed by atoms with Crippen LogP contribution in [0.4, 0.5) is 5.69 Å². The average Bonchev–Trinajstić information content (AvgIpc) is 2.52. The highest BCUT2D eigenvalue weighted by molar-refractivity contribution is 5.98. The van der Waals surface area contributed by atoms with Gasteiger partial charge in [-0.25, -0.2) is 0 Å². The highest BCUT2D eigenvalue weighted by Gasteiger charge is 2.13. The van der Waals surface area contributed by atoms with Gasteiger partial charge in [0, 0.05) is 24.9 Å². The molecule has 110 valence electrons. The lowest BCUT2D eigenvalue weighted by Crippen LogP contribution is -2.17. The van der Waals surface area contributed by atoms with Crippen LogP contribution in [0, 0.1) is 0 Å². The minimum Gasteiger partial charge on any atom is -0.496 e. The summed E-state index contributed by atoms with van der Waals surface area (Å²) in [5, 5.41) is 3.25. The number of primary amides is 1. The fourth-order valence-electron chi connectivity index (χ4n) is 2.19. The largest absolute Gasteiger partial charge is 0.496 e. The van der Waals surface area contributed by atoms with Gasteiger partial charge in [-0.15, -0.1) is 0 Å². The molecule has 0 aliphatic rings. The molecule has 1 aromatic heterocycles. The number of benzene rings is 1. The van der Waals surface area contributed by atoms with E-state index in [-0.39, 0.29) is 5.92 Å². The topological polar surface area (TPSA) is 77.2 Å². The maximum atomic E-state index is 11.4. The van der Waals surface area contributed by atoms with Crippen LogP contribution in [0.5, 0.6) is 5.75 Å². The van der Waals surface area contributed by atoms with Gasteiger partial charge in [0.05, 0.1) is 18.4 Å². The Balaban J connectivity index is 2.11. The molecule has 21 heavy (non-hydrogen) atoms. The molecule has 3 N–H and O–H groups in total. The van der Waals surface area contributed by atoms with E-state index in [1.165, 1.54) is 6.20 Å². The van der Waals surface area contributed by atoms with Gasteiger partial charge in [-0.1, -0.05) is 25.1 Å². The molecule has 2 aromatic rings. The summed E-state index contributed by atoms with van der Waals surface area (Å²) < 4.78 is 5.37. The smallest absolute Gasteiger partial charge is 0.252 e. The molecular formula is C16H19N3O2. The van der Waals surface area contributed by atoms with E-state index in [0.29, 0.717) is 17.8 Å². The van der Waals surface area contributed by atoms with E-state index in [1.807, 2.05) is 24.3 Å². The van der Waals surface area contributed by atoms with Gasteiger partial charge in [0.15, 0.2) is 0 Å².